The summed E-state index contributed by atoms with van der Waals surface area (Å²) in [7, 11) is 4.77. The van der Waals surface area contributed by atoms with E-state index in [-0.39, 0.29) is 18.6 Å². The normalized spacial score (nSPS) is 22.8. The molecule has 262 valence electrons. The summed E-state index contributed by atoms with van der Waals surface area (Å²) < 4.78 is 41.8. The fourth-order valence-electron chi connectivity index (χ4n) is 6.04. The van der Waals surface area contributed by atoms with Crippen LogP contribution in [0.2, 0.25) is 0 Å². The van der Waals surface area contributed by atoms with Crippen LogP contribution < -0.4 is 9.47 Å². The van der Waals surface area contributed by atoms with Gasteiger partial charge in [0.05, 0.1) is 65.1 Å². The zero-order valence-electron chi connectivity index (χ0n) is 29.0. The fraction of sp³-hybridized carbons (Fsp3) is 0.487. The molecule has 1 aliphatic heterocycles. The number of aliphatic hydroxyl groups is 2. The smallest absolute Gasteiger partial charge is 0.205 e. The van der Waals surface area contributed by atoms with Gasteiger partial charge in [0.15, 0.2) is 0 Å². The zero-order valence-corrected chi connectivity index (χ0v) is 29.0. The van der Waals surface area contributed by atoms with Gasteiger partial charge in [-0.1, -0.05) is 80.6 Å². The molecule has 0 aliphatic carbocycles. The average molecular weight is 665 g/mol. The van der Waals surface area contributed by atoms with Crippen molar-refractivity contribution >= 4 is 0 Å². The van der Waals surface area contributed by atoms with Gasteiger partial charge in [-0.2, -0.15) is 0 Å². The van der Waals surface area contributed by atoms with E-state index in [9.17, 15) is 10.2 Å². The van der Waals surface area contributed by atoms with Gasteiger partial charge in [0.1, 0.15) is 17.6 Å². The largest absolute Gasteiger partial charge is 0.497 e. The standard InChI is InChI=1S/C39H52O9/c1-28(46-26-29-11-8-7-9-12-29)36(47-27-31-15-19-33(43-5)20-16-31)24-34-23-35(40)37(41)39(44-6,48-34)38(2,3)21-10-22-45-25-30-13-17-32(42-4)18-14-30/h7-21,28,34-37,40-41H,22-27H2,1-6H3/b21-10+/t28-,34+,35+,36-,37+,39-/m1/s1. The fourth-order valence-corrected chi connectivity index (χ4v) is 6.04. The van der Waals surface area contributed by atoms with E-state index in [1.807, 2.05) is 112 Å². The minimum atomic E-state index is -1.53. The van der Waals surface area contributed by atoms with Crippen LogP contribution in [0.5, 0.6) is 11.5 Å². The highest BCUT2D eigenvalue weighted by atomic mass is 16.7. The Labute approximate surface area is 285 Å². The molecule has 9 nitrogen and oxygen atoms in total. The molecule has 0 unspecified atom stereocenters. The first kappa shape index (κ1) is 37.5. The molecular weight excluding hydrogens is 612 g/mol. The van der Waals surface area contributed by atoms with Crippen molar-refractivity contribution in [3.63, 3.8) is 0 Å². The van der Waals surface area contributed by atoms with Crippen molar-refractivity contribution in [2.45, 2.75) is 89.7 Å². The predicted molar refractivity (Wildman–Crippen MR) is 184 cm³/mol. The number of rotatable bonds is 18. The Balaban J connectivity index is 1.45. The van der Waals surface area contributed by atoms with Crippen molar-refractivity contribution < 1.29 is 43.4 Å². The Morgan fingerprint density at radius 2 is 1.38 bits per heavy atom. The predicted octanol–water partition coefficient (Wildman–Crippen LogP) is 6.24. The van der Waals surface area contributed by atoms with E-state index < -0.39 is 29.5 Å². The summed E-state index contributed by atoms with van der Waals surface area (Å²) in [6, 6.07) is 25.4. The number of ether oxygens (including phenoxy) is 7. The molecule has 0 saturated carbocycles. The van der Waals surface area contributed by atoms with Gasteiger partial charge in [-0.25, -0.2) is 0 Å². The lowest BCUT2D eigenvalue weighted by molar-refractivity contribution is -0.367. The second-order valence-electron chi connectivity index (χ2n) is 12.8. The monoisotopic (exact) mass is 664 g/mol. The molecule has 0 aromatic heterocycles. The lowest BCUT2D eigenvalue weighted by atomic mass is 9.75. The van der Waals surface area contributed by atoms with Crippen LogP contribution in [-0.2, 0) is 43.5 Å². The first-order valence-corrected chi connectivity index (χ1v) is 16.5. The molecule has 9 heteroatoms. The van der Waals surface area contributed by atoms with E-state index >= 15 is 0 Å². The molecule has 1 saturated heterocycles. The summed E-state index contributed by atoms with van der Waals surface area (Å²) in [5.41, 5.74) is 2.23. The third-order valence-corrected chi connectivity index (χ3v) is 8.98. The molecule has 1 fully saturated rings. The summed E-state index contributed by atoms with van der Waals surface area (Å²) in [5.74, 6) is 0.0340. The summed E-state index contributed by atoms with van der Waals surface area (Å²) in [6.45, 7) is 7.37. The maximum Gasteiger partial charge on any atom is 0.205 e. The van der Waals surface area contributed by atoms with Crippen molar-refractivity contribution in [3.05, 3.63) is 108 Å². The van der Waals surface area contributed by atoms with Crippen LogP contribution in [0.4, 0.5) is 0 Å². The van der Waals surface area contributed by atoms with Crippen LogP contribution in [0, 0.1) is 5.41 Å². The number of benzene rings is 3. The van der Waals surface area contributed by atoms with Gasteiger partial charge < -0.3 is 43.4 Å². The number of methoxy groups -OCH3 is 3. The summed E-state index contributed by atoms with van der Waals surface area (Å²) in [4.78, 5) is 0. The molecule has 4 rings (SSSR count). The van der Waals surface area contributed by atoms with Gasteiger partial charge in [-0.05, 0) is 47.9 Å². The van der Waals surface area contributed by atoms with Crippen LogP contribution >= 0.6 is 0 Å². The Morgan fingerprint density at radius 1 is 0.812 bits per heavy atom. The number of hydrogen-bond donors (Lipinski definition) is 2. The van der Waals surface area contributed by atoms with E-state index in [4.69, 9.17) is 33.2 Å². The molecule has 0 amide bonds. The average Bonchev–Trinajstić information content (AvgIpc) is 3.11. The summed E-state index contributed by atoms with van der Waals surface area (Å²) in [5, 5.41) is 22.5. The molecule has 6 atom stereocenters. The maximum atomic E-state index is 11.3. The van der Waals surface area contributed by atoms with Crippen molar-refractivity contribution in [2.24, 2.45) is 5.41 Å². The van der Waals surface area contributed by atoms with Crippen LogP contribution in [0.15, 0.2) is 91.0 Å². The van der Waals surface area contributed by atoms with E-state index in [0.717, 1.165) is 28.2 Å². The molecule has 3 aromatic carbocycles. The number of aliphatic hydroxyl groups excluding tert-OH is 2. The van der Waals surface area contributed by atoms with Gasteiger partial charge in [-0.15, -0.1) is 0 Å². The lowest BCUT2D eigenvalue weighted by Crippen LogP contribution is -2.65. The highest BCUT2D eigenvalue weighted by Gasteiger charge is 2.58. The molecule has 1 aliphatic rings. The SMILES string of the molecule is COc1ccc(COC/C=C/C(C)(C)[C@]2(OC)O[C@H](C[C@@H](OCc3ccc(OC)cc3)[C@@H](C)OCc3ccccc3)C[C@H](O)[C@@H]2O)cc1. The van der Waals surface area contributed by atoms with Gasteiger partial charge in [-0.3, -0.25) is 0 Å². The highest BCUT2D eigenvalue weighted by Crippen LogP contribution is 2.45. The zero-order chi connectivity index (χ0) is 34.6. The quantitative estimate of drug-likeness (QED) is 0.121. The van der Waals surface area contributed by atoms with E-state index in [0.29, 0.717) is 32.8 Å². The Kier molecular flexibility index (Phi) is 14.0. The van der Waals surface area contributed by atoms with Gasteiger partial charge in [0, 0.05) is 25.4 Å². The van der Waals surface area contributed by atoms with Crippen LogP contribution in [0.3, 0.4) is 0 Å². The van der Waals surface area contributed by atoms with Gasteiger partial charge in [0.2, 0.25) is 5.79 Å². The third-order valence-electron chi connectivity index (χ3n) is 8.98. The van der Waals surface area contributed by atoms with Crippen molar-refractivity contribution in [3.8, 4) is 11.5 Å². The lowest BCUT2D eigenvalue weighted by Gasteiger charge is -2.53. The summed E-state index contributed by atoms with van der Waals surface area (Å²) in [6.07, 6.45) is 0.867. The second-order valence-corrected chi connectivity index (χ2v) is 12.8. The molecule has 2 N–H and O–H groups in total. The Bertz CT molecular complexity index is 1380. The molecular formula is C39H52O9. The second kappa shape index (κ2) is 17.9. The van der Waals surface area contributed by atoms with Crippen molar-refractivity contribution in [2.75, 3.05) is 27.9 Å². The number of hydrogen-bond acceptors (Lipinski definition) is 9. The first-order chi connectivity index (χ1) is 23.1. The minimum Gasteiger partial charge on any atom is -0.497 e. The minimum absolute atomic E-state index is 0.213. The van der Waals surface area contributed by atoms with Crippen molar-refractivity contribution in [1.29, 1.82) is 0 Å². The van der Waals surface area contributed by atoms with E-state index in [2.05, 4.69) is 0 Å². The van der Waals surface area contributed by atoms with E-state index in [1.165, 1.54) is 7.11 Å². The Morgan fingerprint density at radius 3 is 1.96 bits per heavy atom. The van der Waals surface area contributed by atoms with Gasteiger partial charge in [0.25, 0.3) is 0 Å². The van der Waals surface area contributed by atoms with Crippen LogP contribution in [-0.4, -0.2) is 74.5 Å². The van der Waals surface area contributed by atoms with Gasteiger partial charge >= 0.3 is 0 Å². The topological polar surface area (TPSA) is 105 Å². The molecule has 0 radical (unpaired) electrons. The molecule has 1 heterocycles. The summed E-state index contributed by atoms with van der Waals surface area (Å²) >= 11 is 0. The van der Waals surface area contributed by atoms with Crippen molar-refractivity contribution in [1.82, 2.24) is 0 Å². The van der Waals surface area contributed by atoms with Crippen LogP contribution in [0.25, 0.3) is 0 Å². The van der Waals surface area contributed by atoms with Crippen LogP contribution in [0.1, 0.15) is 50.3 Å². The highest BCUT2D eigenvalue weighted by molar-refractivity contribution is 5.27. The third kappa shape index (κ3) is 9.89. The first-order valence-electron chi connectivity index (χ1n) is 16.5. The molecule has 3 aromatic rings. The Hall–Kier alpha value is -3.28. The molecule has 0 bridgehead atoms. The molecule has 48 heavy (non-hydrogen) atoms. The van der Waals surface area contributed by atoms with E-state index in [1.54, 1.807) is 14.2 Å². The maximum absolute atomic E-state index is 11.3. The molecule has 0 spiro atoms.